The molecule has 10 heteroatoms. The lowest BCUT2D eigenvalue weighted by atomic mass is 10.3. The first-order valence-electron chi connectivity index (χ1n) is 9.74. The quantitative estimate of drug-likeness (QED) is 0.468. The summed E-state index contributed by atoms with van der Waals surface area (Å²) in [6, 6.07) is 10.2. The molecule has 0 aliphatic rings. The number of halogens is 2. The van der Waals surface area contributed by atoms with Crippen molar-refractivity contribution in [3.8, 4) is 5.75 Å². The van der Waals surface area contributed by atoms with E-state index in [9.17, 15) is 22.0 Å². The van der Waals surface area contributed by atoms with E-state index >= 15 is 0 Å². The minimum atomic E-state index is -3.63. The van der Waals surface area contributed by atoms with Gasteiger partial charge in [-0.15, -0.1) is 11.8 Å². The number of hydrogen-bond donors (Lipinski definition) is 0. The maximum absolute atomic E-state index is 14.3. The summed E-state index contributed by atoms with van der Waals surface area (Å²) >= 11 is 1.12. The van der Waals surface area contributed by atoms with Crippen molar-refractivity contribution in [2.45, 2.75) is 23.6 Å². The van der Waals surface area contributed by atoms with Crippen LogP contribution in [0.4, 0.5) is 8.78 Å². The van der Waals surface area contributed by atoms with E-state index in [4.69, 9.17) is 4.74 Å². The van der Waals surface area contributed by atoms with Gasteiger partial charge in [0.15, 0.2) is 24.0 Å². The van der Waals surface area contributed by atoms with E-state index in [1.54, 1.807) is 32.0 Å². The maximum Gasteiger partial charge on any atom is 0.260 e. The molecule has 1 amide bonds. The highest BCUT2D eigenvalue weighted by Gasteiger charge is 2.20. The molecule has 2 aromatic carbocycles. The van der Waals surface area contributed by atoms with Crippen LogP contribution in [0.25, 0.3) is 0 Å². The number of sulfonamides is 1. The Balaban J connectivity index is 1.95. The molecule has 170 valence electrons. The van der Waals surface area contributed by atoms with E-state index in [2.05, 4.69) is 0 Å². The number of carbonyl (C=O) groups excluding carboxylic acids is 1. The summed E-state index contributed by atoms with van der Waals surface area (Å²) in [6.07, 6.45) is 0. The van der Waals surface area contributed by atoms with E-state index < -0.39 is 34.0 Å². The van der Waals surface area contributed by atoms with Crippen LogP contribution in [0.5, 0.6) is 5.75 Å². The van der Waals surface area contributed by atoms with Gasteiger partial charge in [-0.25, -0.2) is 21.5 Å². The first-order chi connectivity index (χ1) is 14.7. The molecule has 31 heavy (non-hydrogen) atoms. The maximum atomic E-state index is 14.3. The van der Waals surface area contributed by atoms with E-state index in [-0.39, 0.29) is 17.3 Å². The molecule has 0 N–H and O–H groups in total. The molecule has 0 saturated heterocycles. The van der Waals surface area contributed by atoms with Crippen molar-refractivity contribution in [1.29, 1.82) is 0 Å². The van der Waals surface area contributed by atoms with Gasteiger partial charge in [-0.1, -0.05) is 18.2 Å². The number of rotatable bonds is 11. The lowest BCUT2D eigenvalue weighted by molar-refractivity contribution is -0.133. The van der Waals surface area contributed by atoms with Crippen molar-refractivity contribution in [2.75, 3.05) is 39.0 Å². The molecule has 2 aromatic rings. The lowest BCUT2D eigenvalue weighted by Gasteiger charge is -2.19. The average Bonchev–Trinajstić information content (AvgIpc) is 2.74. The van der Waals surface area contributed by atoms with Gasteiger partial charge in [-0.3, -0.25) is 4.79 Å². The first-order valence-corrected chi connectivity index (χ1v) is 12.2. The summed E-state index contributed by atoms with van der Waals surface area (Å²) in [5, 5.41) is 0. The number of ether oxygens (including phenoxy) is 1. The largest absolute Gasteiger partial charge is 0.478 e. The van der Waals surface area contributed by atoms with Gasteiger partial charge in [0.25, 0.3) is 5.91 Å². The number of nitrogens with zero attached hydrogens (tertiary/aromatic N) is 2. The molecule has 0 unspecified atom stereocenters. The second-order valence-electron chi connectivity index (χ2n) is 6.56. The smallest absolute Gasteiger partial charge is 0.260 e. The Labute approximate surface area is 186 Å². The molecule has 0 saturated carbocycles. The van der Waals surface area contributed by atoms with Crippen LogP contribution in [0.3, 0.4) is 0 Å². The summed E-state index contributed by atoms with van der Waals surface area (Å²) in [6.45, 7) is 4.27. The number of benzene rings is 2. The Kier molecular flexibility index (Phi) is 9.27. The zero-order valence-electron chi connectivity index (χ0n) is 17.7. The first kappa shape index (κ1) is 25.1. The SMILES string of the molecule is CCN(CC)C(=O)COc1c(F)cc(SCCN(C)S(=O)(=O)c2ccccc2)cc1F. The van der Waals surface area contributed by atoms with Crippen molar-refractivity contribution >= 4 is 27.7 Å². The third-order valence-electron chi connectivity index (χ3n) is 4.55. The molecule has 0 radical (unpaired) electrons. The van der Waals surface area contributed by atoms with Gasteiger partial charge in [0.2, 0.25) is 10.0 Å². The van der Waals surface area contributed by atoms with Crippen LogP contribution in [-0.2, 0) is 14.8 Å². The average molecular weight is 473 g/mol. The predicted molar refractivity (Wildman–Crippen MR) is 117 cm³/mol. The number of carbonyl (C=O) groups is 1. The highest BCUT2D eigenvalue weighted by molar-refractivity contribution is 7.99. The number of hydrogen-bond acceptors (Lipinski definition) is 5. The molecule has 0 aliphatic heterocycles. The highest BCUT2D eigenvalue weighted by Crippen LogP contribution is 2.29. The fourth-order valence-electron chi connectivity index (χ4n) is 2.74. The molecule has 2 rings (SSSR count). The van der Waals surface area contributed by atoms with Crippen molar-refractivity contribution < 1.29 is 26.7 Å². The number of likely N-dealkylation sites (N-methyl/N-ethyl adjacent to an activating group) is 1. The summed E-state index contributed by atoms with van der Waals surface area (Å²) in [5.74, 6) is -2.50. The van der Waals surface area contributed by atoms with Gasteiger partial charge in [-0.05, 0) is 38.1 Å². The standard InChI is InChI=1S/C21H26F2N2O4S2/c1-4-25(5-2)20(26)15-29-21-18(22)13-16(14-19(21)23)30-12-11-24(3)31(27,28)17-9-7-6-8-10-17/h6-10,13-14H,4-5,11-12,15H2,1-3H3. The van der Waals surface area contributed by atoms with Gasteiger partial charge in [-0.2, -0.15) is 0 Å². The minimum Gasteiger partial charge on any atom is -0.478 e. The Morgan fingerprint density at radius 3 is 2.19 bits per heavy atom. The molecular formula is C21H26F2N2O4S2. The molecule has 0 spiro atoms. The summed E-state index contributed by atoms with van der Waals surface area (Å²) < 4.78 is 59.9. The Morgan fingerprint density at radius 1 is 1.06 bits per heavy atom. The fraction of sp³-hybridized carbons (Fsp3) is 0.381. The Morgan fingerprint density at radius 2 is 1.65 bits per heavy atom. The van der Waals surface area contributed by atoms with Gasteiger partial charge in [0.05, 0.1) is 4.90 Å². The Bertz CT molecular complexity index is 961. The van der Waals surface area contributed by atoms with Gasteiger partial charge in [0, 0.05) is 37.3 Å². The molecule has 0 atom stereocenters. The van der Waals surface area contributed by atoms with E-state index in [0.717, 1.165) is 23.9 Å². The second-order valence-corrected chi connectivity index (χ2v) is 9.77. The van der Waals surface area contributed by atoms with Crippen LogP contribution in [0.2, 0.25) is 0 Å². The summed E-state index contributed by atoms with van der Waals surface area (Å²) in [4.78, 5) is 13.9. The zero-order chi connectivity index (χ0) is 23.0. The molecule has 0 bridgehead atoms. The van der Waals surface area contributed by atoms with Crippen LogP contribution in [0, 0.1) is 11.6 Å². The van der Waals surface area contributed by atoms with Crippen molar-refractivity contribution in [3.05, 3.63) is 54.1 Å². The second kappa shape index (κ2) is 11.4. The minimum absolute atomic E-state index is 0.155. The van der Waals surface area contributed by atoms with E-state index in [1.807, 2.05) is 0 Å². The van der Waals surface area contributed by atoms with Crippen LogP contribution >= 0.6 is 11.8 Å². The molecule has 0 aliphatic carbocycles. The molecule has 0 heterocycles. The monoisotopic (exact) mass is 472 g/mol. The van der Waals surface area contributed by atoms with Crippen LogP contribution < -0.4 is 4.74 Å². The highest BCUT2D eigenvalue weighted by atomic mass is 32.2. The molecule has 0 fully saturated rings. The van der Waals surface area contributed by atoms with Gasteiger partial charge < -0.3 is 9.64 Å². The lowest BCUT2D eigenvalue weighted by Crippen LogP contribution is -2.34. The van der Waals surface area contributed by atoms with E-state index in [0.29, 0.717) is 23.7 Å². The van der Waals surface area contributed by atoms with Crippen LogP contribution in [0.15, 0.2) is 52.3 Å². The third-order valence-corrected chi connectivity index (χ3v) is 7.38. The van der Waals surface area contributed by atoms with Crippen molar-refractivity contribution in [2.24, 2.45) is 0 Å². The van der Waals surface area contributed by atoms with E-state index in [1.165, 1.54) is 28.4 Å². The normalized spacial score (nSPS) is 11.5. The summed E-state index contributed by atoms with van der Waals surface area (Å²) in [5.41, 5.74) is 0. The molecular weight excluding hydrogens is 446 g/mol. The fourth-order valence-corrected chi connectivity index (χ4v) is 5.03. The van der Waals surface area contributed by atoms with Crippen molar-refractivity contribution in [3.63, 3.8) is 0 Å². The van der Waals surface area contributed by atoms with Gasteiger partial charge in [0.1, 0.15) is 0 Å². The topological polar surface area (TPSA) is 66.9 Å². The predicted octanol–water partition coefficient (Wildman–Crippen LogP) is 3.62. The Hall–Kier alpha value is -2.17. The third kappa shape index (κ3) is 6.65. The molecule has 6 nitrogen and oxygen atoms in total. The zero-order valence-corrected chi connectivity index (χ0v) is 19.3. The van der Waals surface area contributed by atoms with Crippen LogP contribution in [0.1, 0.15) is 13.8 Å². The molecule has 0 aromatic heterocycles. The van der Waals surface area contributed by atoms with Crippen LogP contribution in [-0.4, -0.2) is 62.6 Å². The van der Waals surface area contributed by atoms with Crippen molar-refractivity contribution in [1.82, 2.24) is 9.21 Å². The van der Waals surface area contributed by atoms with Gasteiger partial charge >= 0.3 is 0 Å². The number of thioether (sulfide) groups is 1. The number of amides is 1. The summed E-state index contributed by atoms with van der Waals surface area (Å²) in [7, 11) is -2.18.